The second kappa shape index (κ2) is 8.63. The summed E-state index contributed by atoms with van der Waals surface area (Å²) in [6.45, 7) is 0.596. The van der Waals surface area contributed by atoms with Crippen molar-refractivity contribution in [3.05, 3.63) is 35.9 Å². The molecular formula is C14H18N2O6. The van der Waals surface area contributed by atoms with Crippen molar-refractivity contribution in [1.29, 1.82) is 0 Å². The minimum absolute atomic E-state index is 0.0119. The molecule has 0 bridgehead atoms. The van der Waals surface area contributed by atoms with Crippen molar-refractivity contribution in [1.82, 2.24) is 10.6 Å². The molecule has 0 aromatic heterocycles. The summed E-state index contributed by atoms with van der Waals surface area (Å²) in [5.41, 5.74) is 0.766. The number of nitrogens with one attached hydrogen (secondary N) is 2. The molecule has 1 rings (SSSR count). The van der Waals surface area contributed by atoms with Gasteiger partial charge >= 0.3 is 12.1 Å². The zero-order valence-electron chi connectivity index (χ0n) is 12.0. The second-order valence-electron chi connectivity index (χ2n) is 4.51. The molecule has 0 aliphatic heterocycles. The first kappa shape index (κ1) is 17.4. The maximum absolute atomic E-state index is 11.7. The number of rotatable bonds is 7. The SMILES string of the molecule is C[C@@H](NC(=O)[C@H](CO)NC(=O)OCc1ccccc1)C(=O)O. The highest BCUT2D eigenvalue weighted by atomic mass is 16.5. The van der Waals surface area contributed by atoms with Crippen LogP contribution in [0.15, 0.2) is 30.3 Å². The van der Waals surface area contributed by atoms with Crippen LogP contribution in [0.4, 0.5) is 4.79 Å². The predicted molar refractivity (Wildman–Crippen MR) is 75.9 cm³/mol. The molecule has 0 aliphatic carbocycles. The molecule has 2 amide bonds. The van der Waals surface area contributed by atoms with Crippen LogP contribution in [-0.2, 0) is 20.9 Å². The number of carbonyl (C=O) groups excluding carboxylic acids is 2. The van der Waals surface area contributed by atoms with Crippen LogP contribution in [0.2, 0.25) is 0 Å². The van der Waals surface area contributed by atoms with Crippen molar-refractivity contribution in [3.63, 3.8) is 0 Å². The molecule has 22 heavy (non-hydrogen) atoms. The van der Waals surface area contributed by atoms with E-state index in [1.807, 2.05) is 6.07 Å². The van der Waals surface area contributed by atoms with Crippen molar-refractivity contribution in [3.8, 4) is 0 Å². The summed E-state index contributed by atoms with van der Waals surface area (Å²) in [5, 5.41) is 22.1. The number of amides is 2. The Hall–Kier alpha value is -2.61. The van der Waals surface area contributed by atoms with Gasteiger partial charge in [0.1, 0.15) is 18.7 Å². The maximum Gasteiger partial charge on any atom is 0.408 e. The molecule has 2 atom stereocenters. The Labute approximate surface area is 127 Å². The number of carboxylic acid groups (broad SMARTS) is 1. The second-order valence-corrected chi connectivity index (χ2v) is 4.51. The third-order valence-corrected chi connectivity index (χ3v) is 2.73. The Bertz CT molecular complexity index is 519. The minimum Gasteiger partial charge on any atom is -0.480 e. The number of carboxylic acids is 1. The molecule has 8 nitrogen and oxygen atoms in total. The summed E-state index contributed by atoms with van der Waals surface area (Å²) in [7, 11) is 0. The van der Waals surface area contributed by atoms with Gasteiger partial charge in [0.05, 0.1) is 6.61 Å². The number of aliphatic hydroxyl groups is 1. The van der Waals surface area contributed by atoms with Crippen molar-refractivity contribution in [2.24, 2.45) is 0 Å². The lowest BCUT2D eigenvalue weighted by Crippen LogP contribution is -2.52. The van der Waals surface area contributed by atoms with Gasteiger partial charge in [-0.25, -0.2) is 4.79 Å². The van der Waals surface area contributed by atoms with E-state index in [-0.39, 0.29) is 6.61 Å². The highest BCUT2D eigenvalue weighted by Gasteiger charge is 2.23. The molecule has 0 saturated heterocycles. The summed E-state index contributed by atoms with van der Waals surface area (Å²) in [4.78, 5) is 33.9. The Morgan fingerprint density at radius 1 is 1.18 bits per heavy atom. The van der Waals surface area contributed by atoms with Gasteiger partial charge in [0.25, 0.3) is 0 Å². The highest BCUT2D eigenvalue weighted by molar-refractivity contribution is 5.89. The van der Waals surface area contributed by atoms with E-state index < -0.39 is 36.7 Å². The molecule has 4 N–H and O–H groups in total. The van der Waals surface area contributed by atoms with E-state index in [9.17, 15) is 14.4 Å². The molecule has 0 aliphatic rings. The molecule has 0 saturated carbocycles. The average molecular weight is 310 g/mol. The fraction of sp³-hybridized carbons (Fsp3) is 0.357. The number of hydrogen-bond acceptors (Lipinski definition) is 5. The summed E-state index contributed by atoms with van der Waals surface area (Å²) < 4.78 is 4.91. The van der Waals surface area contributed by atoms with Crippen molar-refractivity contribution < 1.29 is 29.3 Å². The normalized spacial score (nSPS) is 12.8. The number of aliphatic hydroxyl groups excluding tert-OH is 1. The summed E-state index contributed by atoms with van der Waals surface area (Å²) in [5.74, 6) is -2.04. The fourth-order valence-corrected chi connectivity index (χ4v) is 1.48. The first-order valence-electron chi connectivity index (χ1n) is 6.55. The summed E-state index contributed by atoms with van der Waals surface area (Å²) in [6.07, 6.45) is -0.888. The lowest BCUT2D eigenvalue weighted by atomic mass is 10.2. The van der Waals surface area contributed by atoms with Crippen LogP contribution in [-0.4, -0.2) is 46.9 Å². The van der Waals surface area contributed by atoms with Gasteiger partial charge in [-0.15, -0.1) is 0 Å². The van der Waals surface area contributed by atoms with Gasteiger partial charge in [-0.05, 0) is 12.5 Å². The third kappa shape index (κ3) is 5.80. The van der Waals surface area contributed by atoms with Crippen LogP contribution < -0.4 is 10.6 Å². The van der Waals surface area contributed by atoms with Gasteiger partial charge in [-0.1, -0.05) is 30.3 Å². The quantitative estimate of drug-likeness (QED) is 0.555. The van der Waals surface area contributed by atoms with Crippen LogP contribution in [0.3, 0.4) is 0 Å². The first-order valence-corrected chi connectivity index (χ1v) is 6.55. The predicted octanol–water partition coefficient (Wildman–Crippen LogP) is -0.137. The maximum atomic E-state index is 11.7. The van der Waals surface area contributed by atoms with Gasteiger partial charge in [-0.2, -0.15) is 0 Å². The standard InChI is InChI=1S/C14H18N2O6/c1-9(13(19)20)15-12(18)11(7-17)16-14(21)22-8-10-5-3-2-4-6-10/h2-6,9,11,17H,7-8H2,1H3,(H,15,18)(H,16,21)(H,19,20)/t9-,11+/m1/s1. The lowest BCUT2D eigenvalue weighted by Gasteiger charge is -2.17. The Balaban J connectivity index is 2.45. The molecule has 0 unspecified atom stereocenters. The zero-order valence-corrected chi connectivity index (χ0v) is 12.0. The smallest absolute Gasteiger partial charge is 0.408 e. The molecule has 8 heteroatoms. The topological polar surface area (TPSA) is 125 Å². The van der Waals surface area contributed by atoms with E-state index in [0.717, 1.165) is 5.56 Å². The largest absolute Gasteiger partial charge is 0.480 e. The number of alkyl carbamates (subject to hydrolysis) is 1. The van der Waals surface area contributed by atoms with Gasteiger partial charge in [0.15, 0.2) is 0 Å². The van der Waals surface area contributed by atoms with E-state index >= 15 is 0 Å². The van der Waals surface area contributed by atoms with Gasteiger partial charge in [0.2, 0.25) is 5.91 Å². The minimum atomic E-state index is -1.29. The highest BCUT2D eigenvalue weighted by Crippen LogP contribution is 2.00. The van der Waals surface area contributed by atoms with E-state index in [1.54, 1.807) is 24.3 Å². The molecule has 1 aromatic carbocycles. The molecule has 0 spiro atoms. The Kier molecular flexibility index (Phi) is 6.84. The van der Waals surface area contributed by atoms with Crippen LogP contribution in [0.25, 0.3) is 0 Å². The first-order chi connectivity index (χ1) is 10.4. The van der Waals surface area contributed by atoms with Gasteiger partial charge in [-0.3, -0.25) is 9.59 Å². The number of benzene rings is 1. The van der Waals surface area contributed by atoms with Gasteiger partial charge < -0.3 is 25.6 Å². The molecule has 120 valence electrons. The molecule has 0 heterocycles. The zero-order chi connectivity index (χ0) is 16.5. The van der Waals surface area contributed by atoms with Crippen LogP contribution in [0.5, 0.6) is 0 Å². The number of hydrogen-bond donors (Lipinski definition) is 4. The van der Waals surface area contributed by atoms with Crippen LogP contribution in [0, 0.1) is 0 Å². The number of aliphatic carboxylic acids is 1. The molecule has 1 aromatic rings. The summed E-state index contributed by atoms with van der Waals surface area (Å²) >= 11 is 0. The molecular weight excluding hydrogens is 292 g/mol. The van der Waals surface area contributed by atoms with Gasteiger partial charge in [0, 0.05) is 0 Å². The lowest BCUT2D eigenvalue weighted by molar-refractivity contribution is -0.141. The Morgan fingerprint density at radius 2 is 1.82 bits per heavy atom. The van der Waals surface area contributed by atoms with Crippen LogP contribution in [0.1, 0.15) is 12.5 Å². The van der Waals surface area contributed by atoms with Crippen molar-refractivity contribution in [2.45, 2.75) is 25.6 Å². The van der Waals surface area contributed by atoms with Crippen molar-refractivity contribution >= 4 is 18.0 Å². The summed E-state index contributed by atoms with van der Waals surface area (Å²) in [6, 6.07) is 6.49. The number of carbonyl (C=O) groups is 3. The van der Waals surface area contributed by atoms with Crippen molar-refractivity contribution in [2.75, 3.05) is 6.61 Å². The average Bonchev–Trinajstić information content (AvgIpc) is 2.51. The van der Waals surface area contributed by atoms with E-state index in [1.165, 1.54) is 6.92 Å². The number of ether oxygens (including phenoxy) is 1. The van der Waals surface area contributed by atoms with E-state index in [4.69, 9.17) is 14.9 Å². The van der Waals surface area contributed by atoms with E-state index in [0.29, 0.717) is 0 Å². The monoisotopic (exact) mass is 310 g/mol. The molecule has 0 fully saturated rings. The fourth-order valence-electron chi connectivity index (χ4n) is 1.48. The Morgan fingerprint density at radius 3 is 2.36 bits per heavy atom. The van der Waals surface area contributed by atoms with E-state index in [2.05, 4.69) is 10.6 Å². The molecule has 0 radical (unpaired) electrons. The van der Waals surface area contributed by atoms with Crippen LogP contribution >= 0.6 is 0 Å². The third-order valence-electron chi connectivity index (χ3n) is 2.73.